The zero-order valence-corrected chi connectivity index (χ0v) is 17.9. The molecule has 2 N–H and O–H groups in total. The Balaban J connectivity index is 2.35. The van der Waals surface area contributed by atoms with Gasteiger partial charge in [0.25, 0.3) is 5.91 Å². The number of carbonyl (C=O) groups is 2. The van der Waals surface area contributed by atoms with Crippen molar-refractivity contribution in [2.75, 3.05) is 31.8 Å². The number of anilines is 2. The number of hydrogen-bond acceptors (Lipinski definition) is 5. The summed E-state index contributed by atoms with van der Waals surface area (Å²) in [5.74, 6) is -0.692. The molecular formula is C19H23N3O3S2. The molecule has 0 aliphatic heterocycles. The average Bonchev–Trinajstić information content (AvgIpc) is 2.92. The SMILES string of the molecule is COC(=O)c1c(NC(=S)Nc2cc(C)ccc2C)sc(C(=O)N(C)C)c1C. The molecule has 2 rings (SSSR count). The quantitative estimate of drug-likeness (QED) is 0.592. The molecule has 27 heavy (non-hydrogen) atoms. The Kier molecular flexibility index (Phi) is 6.56. The lowest BCUT2D eigenvalue weighted by Gasteiger charge is -2.13. The minimum atomic E-state index is -0.515. The van der Waals surface area contributed by atoms with Gasteiger partial charge in [-0.15, -0.1) is 11.3 Å². The molecule has 0 saturated heterocycles. The van der Waals surface area contributed by atoms with Crippen molar-refractivity contribution < 1.29 is 14.3 Å². The lowest BCUT2D eigenvalue weighted by molar-refractivity contribution is 0.0601. The fourth-order valence-electron chi connectivity index (χ4n) is 2.48. The van der Waals surface area contributed by atoms with Crippen LogP contribution < -0.4 is 10.6 Å². The molecule has 0 fully saturated rings. The summed E-state index contributed by atoms with van der Waals surface area (Å²) in [6.45, 7) is 5.71. The van der Waals surface area contributed by atoms with E-state index in [0.29, 0.717) is 26.1 Å². The second kappa shape index (κ2) is 8.49. The van der Waals surface area contributed by atoms with Crippen LogP contribution in [0.25, 0.3) is 0 Å². The number of thiocarbonyl (C=S) groups is 1. The zero-order chi connectivity index (χ0) is 20.3. The molecule has 0 aliphatic carbocycles. The molecule has 1 amide bonds. The van der Waals surface area contributed by atoms with Gasteiger partial charge < -0.3 is 20.3 Å². The number of aryl methyl sites for hydroxylation is 2. The minimum absolute atomic E-state index is 0.177. The fraction of sp³-hybridized carbons (Fsp3) is 0.316. The Labute approximate surface area is 168 Å². The first-order valence-corrected chi connectivity index (χ1v) is 9.46. The van der Waals surface area contributed by atoms with Crippen LogP contribution in [0.15, 0.2) is 18.2 Å². The van der Waals surface area contributed by atoms with Gasteiger partial charge in [0, 0.05) is 19.8 Å². The molecule has 2 aromatic rings. The summed E-state index contributed by atoms with van der Waals surface area (Å²) in [4.78, 5) is 26.6. The molecule has 0 bridgehead atoms. The van der Waals surface area contributed by atoms with E-state index in [1.165, 1.54) is 23.3 Å². The summed E-state index contributed by atoms with van der Waals surface area (Å²) in [6, 6.07) is 6.02. The van der Waals surface area contributed by atoms with Gasteiger partial charge in [0.1, 0.15) is 5.00 Å². The Morgan fingerprint density at radius 2 is 1.81 bits per heavy atom. The number of rotatable bonds is 4. The predicted molar refractivity (Wildman–Crippen MR) is 114 cm³/mol. The number of nitrogens with one attached hydrogen (secondary N) is 2. The number of amides is 1. The lowest BCUT2D eigenvalue weighted by Crippen LogP contribution is -2.21. The number of hydrogen-bond donors (Lipinski definition) is 2. The standard InChI is InChI=1S/C19H23N3O3S2/c1-10-7-8-11(2)13(9-10)20-19(26)21-16-14(18(24)25-6)12(3)15(27-16)17(23)22(4)5/h7-9H,1-6H3,(H2,20,21,26). The Morgan fingerprint density at radius 3 is 2.41 bits per heavy atom. The van der Waals surface area contributed by atoms with Crippen molar-refractivity contribution in [1.29, 1.82) is 0 Å². The van der Waals surface area contributed by atoms with Crippen LogP contribution in [0.3, 0.4) is 0 Å². The Bertz CT molecular complexity index is 904. The van der Waals surface area contributed by atoms with Gasteiger partial charge in [0.2, 0.25) is 0 Å². The third-order valence-corrected chi connectivity index (χ3v) is 5.40. The topological polar surface area (TPSA) is 70.7 Å². The van der Waals surface area contributed by atoms with Crippen LogP contribution in [-0.4, -0.2) is 43.1 Å². The predicted octanol–water partition coefficient (Wildman–Crippen LogP) is 3.97. The second-order valence-electron chi connectivity index (χ2n) is 6.35. The summed E-state index contributed by atoms with van der Waals surface area (Å²) in [7, 11) is 4.64. The van der Waals surface area contributed by atoms with Crippen molar-refractivity contribution >= 4 is 51.2 Å². The van der Waals surface area contributed by atoms with Crippen molar-refractivity contribution in [1.82, 2.24) is 4.90 Å². The third kappa shape index (κ3) is 4.64. The van der Waals surface area contributed by atoms with Gasteiger partial charge in [-0.05, 0) is 55.7 Å². The van der Waals surface area contributed by atoms with Gasteiger partial charge in [-0.25, -0.2) is 4.79 Å². The minimum Gasteiger partial charge on any atom is -0.465 e. The summed E-state index contributed by atoms with van der Waals surface area (Å²) in [5, 5.41) is 7.00. The second-order valence-corrected chi connectivity index (χ2v) is 7.78. The van der Waals surface area contributed by atoms with Gasteiger partial charge in [-0.2, -0.15) is 0 Å². The Hall–Kier alpha value is -2.45. The molecule has 0 radical (unpaired) electrons. The van der Waals surface area contributed by atoms with Crippen LogP contribution in [0, 0.1) is 20.8 Å². The van der Waals surface area contributed by atoms with Gasteiger partial charge in [0.15, 0.2) is 5.11 Å². The fourth-order valence-corrected chi connectivity index (χ4v) is 3.98. The normalized spacial score (nSPS) is 10.3. The van der Waals surface area contributed by atoms with Crippen LogP contribution in [-0.2, 0) is 4.74 Å². The molecule has 1 heterocycles. The van der Waals surface area contributed by atoms with E-state index in [-0.39, 0.29) is 5.91 Å². The van der Waals surface area contributed by atoms with Gasteiger partial charge in [-0.1, -0.05) is 12.1 Å². The van der Waals surface area contributed by atoms with Crippen molar-refractivity contribution in [2.24, 2.45) is 0 Å². The molecule has 0 atom stereocenters. The van der Waals surface area contributed by atoms with Gasteiger partial charge in [0.05, 0.1) is 17.6 Å². The highest BCUT2D eigenvalue weighted by Gasteiger charge is 2.26. The molecule has 0 aliphatic rings. The smallest absolute Gasteiger partial charge is 0.341 e. The summed E-state index contributed by atoms with van der Waals surface area (Å²) >= 11 is 6.59. The van der Waals surface area contributed by atoms with E-state index in [4.69, 9.17) is 17.0 Å². The van der Waals surface area contributed by atoms with E-state index in [1.807, 2.05) is 32.0 Å². The highest BCUT2D eigenvalue weighted by molar-refractivity contribution is 7.80. The molecular weight excluding hydrogens is 382 g/mol. The van der Waals surface area contributed by atoms with Crippen molar-refractivity contribution in [2.45, 2.75) is 20.8 Å². The molecule has 6 nitrogen and oxygen atoms in total. The lowest BCUT2D eigenvalue weighted by atomic mass is 10.1. The highest BCUT2D eigenvalue weighted by atomic mass is 32.1. The monoisotopic (exact) mass is 405 g/mol. The first-order valence-electron chi connectivity index (χ1n) is 8.24. The van der Waals surface area contributed by atoms with Crippen LogP contribution in [0.5, 0.6) is 0 Å². The van der Waals surface area contributed by atoms with Crippen LogP contribution in [0.1, 0.15) is 36.7 Å². The zero-order valence-electron chi connectivity index (χ0n) is 16.2. The first-order chi connectivity index (χ1) is 12.6. The molecule has 1 aromatic heterocycles. The molecule has 144 valence electrons. The largest absolute Gasteiger partial charge is 0.465 e. The van der Waals surface area contributed by atoms with Gasteiger partial charge >= 0.3 is 5.97 Å². The maximum absolute atomic E-state index is 12.4. The maximum atomic E-state index is 12.4. The first kappa shape index (κ1) is 20.9. The van der Waals surface area contributed by atoms with Crippen LogP contribution in [0.2, 0.25) is 0 Å². The van der Waals surface area contributed by atoms with E-state index in [1.54, 1.807) is 21.0 Å². The molecule has 8 heteroatoms. The average molecular weight is 406 g/mol. The van der Waals surface area contributed by atoms with Gasteiger partial charge in [-0.3, -0.25) is 4.79 Å². The van der Waals surface area contributed by atoms with Crippen LogP contribution >= 0.6 is 23.6 Å². The molecule has 1 aromatic carbocycles. The van der Waals surface area contributed by atoms with E-state index in [0.717, 1.165) is 16.8 Å². The maximum Gasteiger partial charge on any atom is 0.341 e. The van der Waals surface area contributed by atoms with E-state index < -0.39 is 5.97 Å². The number of benzene rings is 1. The number of thiophene rings is 1. The van der Waals surface area contributed by atoms with Crippen molar-refractivity contribution in [3.63, 3.8) is 0 Å². The number of carbonyl (C=O) groups excluding carboxylic acids is 2. The highest BCUT2D eigenvalue weighted by Crippen LogP contribution is 2.34. The van der Waals surface area contributed by atoms with Crippen molar-refractivity contribution in [3.05, 3.63) is 45.3 Å². The van der Waals surface area contributed by atoms with E-state index >= 15 is 0 Å². The number of ether oxygens (including phenoxy) is 1. The van der Waals surface area contributed by atoms with Crippen molar-refractivity contribution in [3.8, 4) is 0 Å². The number of nitrogens with zero attached hydrogens (tertiary/aromatic N) is 1. The molecule has 0 spiro atoms. The van der Waals surface area contributed by atoms with Crippen LogP contribution in [0.4, 0.5) is 10.7 Å². The van der Waals surface area contributed by atoms with E-state index in [9.17, 15) is 9.59 Å². The summed E-state index contributed by atoms with van der Waals surface area (Å²) < 4.78 is 4.89. The molecule has 0 unspecified atom stereocenters. The summed E-state index contributed by atoms with van der Waals surface area (Å²) in [5.41, 5.74) is 3.92. The number of methoxy groups -OCH3 is 1. The Morgan fingerprint density at radius 1 is 1.15 bits per heavy atom. The molecule has 0 saturated carbocycles. The number of esters is 1. The third-order valence-electron chi connectivity index (χ3n) is 4.01. The van der Waals surface area contributed by atoms with E-state index in [2.05, 4.69) is 10.6 Å². The summed E-state index contributed by atoms with van der Waals surface area (Å²) in [6.07, 6.45) is 0.